The molecule has 3 nitrogen and oxygen atoms in total. The zero-order valence-corrected chi connectivity index (χ0v) is 7.03. The van der Waals surface area contributed by atoms with E-state index >= 15 is 0 Å². The molecule has 0 unspecified atom stereocenters. The van der Waals surface area contributed by atoms with Gasteiger partial charge in [-0.3, -0.25) is 0 Å². The summed E-state index contributed by atoms with van der Waals surface area (Å²) in [5.41, 5.74) is 0.645. The van der Waals surface area contributed by atoms with E-state index in [0.29, 0.717) is 5.56 Å². The molecule has 0 aliphatic rings. The third-order valence-corrected chi connectivity index (χ3v) is 1.36. The SMILES string of the molecule is COC(=O)C=Cc1ccc(F)nc1. The Bertz CT molecular complexity index is 319. The van der Waals surface area contributed by atoms with Crippen LogP contribution in [-0.4, -0.2) is 18.1 Å². The van der Waals surface area contributed by atoms with E-state index < -0.39 is 11.9 Å². The molecular formula is C9H8FNO2. The molecule has 0 radical (unpaired) electrons. The smallest absolute Gasteiger partial charge is 0.330 e. The number of ether oxygens (including phenoxy) is 1. The Morgan fingerprint density at radius 2 is 2.38 bits per heavy atom. The van der Waals surface area contributed by atoms with Crippen LogP contribution in [0.25, 0.3) is 6.08 Å². The molecule has 0 atom stereocenters. The number of carbonyl (C=O) groups excluding carboxylic acids is 1. The molecule has 0 N–H and O–H groups in total. The van der Waals surface area contributed by atoms with E-state index in [-0.39, 0.29) is 0 Å². The molecule has 68 valence electrons. The van der Waals surface area contributed by atoms with Crippen molar-refractivity contribution in [2.24, 2.45) is 0 Å². The molecule has 1 rings (SSSR count). The summed E-state index contributed by atoms with van der Waals surface area (Å²) in [6.07, 6.45) is 4.07. The van der Waals surface area contributed by atoms with Crippen LogP contribution in [0.1, 0.15) is 5.56 Å². The fraction of sp³-hybridized carbons (Fsp3) is 0.111. The van der Waals surface area contributed by atoms with Gasteiger partial charge in [-0.15, -0.1) is 0 Å². The van der Waals surface area contributed by atoms with Crippen molar-refractivity contribution < 1.29 is 13.9 Å². The maximum absolute atomic E-state index is 12.3. The average Bonchev–Trinajstić information content (AvgIpc) is 2.16. The molecule has 13 heavy (non-hydrogen) atoms. The van der Waals surface area contributed by atoms with Gasteiger partial charge in [-0.05, 0) is 23.8 Å². The summed E-state index contributed by atoms with van der Waals surface area (Å²) < 4.78 is 16.7. The van der Waals surface area contributed by atoms with Crippen LogP contribution < -0.4 is 0 Å². The van der Waals surface area contributed by atoms with E-state index in [0.717, 1.165) is 0 Å². The Balaban J connectivity index is 2.69. The predicted octanol–water partition coefficient (Wildman–Crippen LogP) is 1.41. The van der Waals surface area contributed by atoms with Gasteiger partial charge in [-0.2, -0.15) is 4.39 Å². The Kier molecular flexibility index (Phi) is 3.14. The van der Waals surface area contributed by atoms with Crippen LogP contribution in [0.3, 0.4) is 0 Å². The topological polar surface area (TPSA) is 39.2 Å². The van der Waals surface area contributed by atoms with Crippen molar-refractivity contribution in [3.05, 3.63) is 35.9 Å². The third-order valence-electron chi connectivity index (χ3n) is 1.36. The maximum atomic E-state index is 12.3. The lowest BCUT2D eigenvalue weighted by molar-refractivity contribution is -0.134. The number of hydrogen-bond donors (Lipinski definition) is 0. The van der Waals surface area contributed by atoms with Crippen molar-refractivity contribution >= 4 is 12.0 Å². The zero-order valence-electron chi connectivity index (χ0n) is 7.03. The van der Waals surface area contributed by atoms with E-state index in [2.05, 4.69) is 9.72 Å². The van der Waals surface area contributed by atoms with Crippen molar-refractivity contribution in [2.75, 3.05) is 7.11 Å². The second kappa shape index (κ2) is 4.35. The van der Waals surface area contributed by atoms with Crippen LogP contribution in [0.2, 0.25) is 0 Å². The van der Waals surface area contributed by atoms with Crippen LogP contribution in [0.5, 0.6) is 0 Å². The Morgan fingerprint density at radius 1 is 1.62 bits per heavy atom. The lowest BCUT2D eigenvalue weighted by Crippen LogP contribution is -1.93. The average molecular weight is 181 g/mol. The highest BCUT2D eigenvalue weighted by molar-refractivity contribution is 5.86. The first-order chi connectivity index (χ1) is 6.22. The monoisotopic (exact) mass is 181 g/mol. The molecule has 0 aromatic carbocycles. The van der Waals surface area contributed by atoms with E-state index in [1.54, 1.807) is 0 Å². The highest BCUT2D eigenvalue weighted by Crippen LogP contribution is 2.01. The first-order valence-corrected chi connectivity index (χ1v) is 3.60. The second-order valence-corrected chi connectivity index (χ2v) is 2.27. The number of nitrogens with zero attached hydrogens (tertiary/aromatic N) is 1. The number of carbonyl (C=O) groups is 1. The molecule has 0 saturated carbocycles. The molecule has 1 aromatic rings. The molecule has 1 heterocycles. The Hall–Kier alpha value is -1.71. The van der Waals surface area contributed by atoms with E-state index in [4.69, 9.17) is 0 Å². The summed E-state index contributed by atoms with van der Waals surface area (Å²) in [5.74, 6) is -1.00. The summed E-state index contributed by atoms with van der Waals surface area (Å²) in [5, 5.41) is 0. The van der Waals surface area contributed by atoms with Crippen molar-refractivity contribution in [3.63, 3.8) is 0 Å². The normalized spacial score (nSPS) is 10.3. The highest BCUT2D eigenvalue weighted by Gasteiger charge is 1.93. The molecular weight excluding hydrogens is 173 g/mol. The number of halogens is 1. The van der Waals surface area contributed by atoms with Gasteiger partial charge < -0.3 is 4.74 Å². The first kappa shape index (κ1) is 9.38. The lowest BCUT2D eigenvalue weighted by atomic mass is 10.2. The zero-order chi connectivity index (χ0) is 9.68. The molecule has 0 aliphatic carbocycles. The van der Waals surface area contributed by atoms with Gasteiger partial charge in [-0.1, -0.05) is 0 Å². The second-order valence-electron chi connectivity index (χ2n) is 2.27. The summed E-state index contributed by atoms with van der Waals surface area (Å²) in [4.78, 5) is 14.1. The molecule has 0 fully saturated rings. The molecule has 0 aliphatic heterocycles. The highest BCUT2D eigenvalue weighted by atomic mass is 19.1. The summed E-state index contributed by atoms with van der Waals surface area (Å²) >= 11 is 0. The van der Waals surface area contributed by atoms with Gasteiger partial charge >= 0.3 is 5.97 Å². The predicted molar refractivity (Wildman–Crippen MR) is 45.2 cm³/mol. The lowest BCUT2D eigenvalue weighted by Gasteiger charge is -1.91. The number of aromatic nitrogens is 1. The van der Waals surface area contributed by atoms with Gasteiger partial charge in [0, 0.05) is 12.3 Å². The minimum Gasteiger partial charge on any atom is -0.466 e. The standard InChI is InChI=1S/C9H8FNO2/c1-13-9(12)5-3-7-2-4-8(10)11-6-7/h2-6H,1H3. The van der Waals surface area contributed by atoms with Crippen molar-refractivity contribution in [2.45, 2.75) is 0 Å². The summed E-state index contributed by atoms with van der Waals surface area (Å²) in [6, 6.07) is 2.73. The number of hydrogen-bond acceptors (Lipinski definition) is 3. The Morgan fingerprint density at radius 3 is 2.92 bits per heavy atom. The quantitative estimate of drug-likeness (QED) is 0.393. The van der Waals surface area contributed by atoms with Crippen LogP contribution in [-0.2, 0) is 9.53 Å². The first-order valence-electron chi connectivity index (χ1n) is 3.60. The van der Waals surface area contributed by atoms with E-state index in [1.807, 2.05) is 0 Å². The largest absolute Gasteiger partial charge is 0.466 e. The fourth-order valence-electron chi connectivity index (χ4n) is 0.718. The molecule has 4 heteroatoms. The maximum Gasteiger partial charge on any atom is 0.330 e. The molecule has 0 spiro atoms. The van der Waals surface area contributed by atoms with Crippen LogP contribution in [0.15, 0.2) is 24.4 Å². The van der Waals surface area contributed by atoms with Gasteiger partial charge in [-0.25, -0.2) is 9.78 Å². The van der Waals surface area contributed by atoms with Crippen molar-refractivity contribution in [3.8, 4) is 0 Å². The van der Waals surface area contributed by atoms with E-state index in [9.17, 15) is 9.18 Å². The van der Waals surface area contributed by atoms with Gasteiger partial charge in [0.15, 0.2) is 0 Å². The van der Waals surface area contributed by atoms with Gasteiger partial charge in [0.2, 0.25) is 5.95 Å². The van der Waals surface area contributed by atoms with Crippen LogP contribution in [0, 0.1) is 5.95 Å². The van der Waals surface area contributed by atoms with Crippen molar-refractivity contribution in [1.29, 1.82) is 0 Å². The van der Waals surface area contributed by atoms with Crippen LogP contribution in [0.4, 0.5) is 4.39 Å². The summed E-state index contributed by atoms with van der Waals surface area (Å²) in [6.45, 7) is 0. The van der Waals surface area contributed by atoms with Gasteiger partial charge in [0.1, 0.15) is 0 Å². The van der Waals surface area contributed by atoms with Gasteiger partial charge in [0.25, 0.3) is 0 Å². The van der Waals surface area contributed by atoms with Crippen LogP contribution >= 0.6 is 0 Å². The number of methoxy groups -OCH3 is 1. The molecule has 0 saturated heterocycles. The molecule has 0 amide bonds. The van der Waals surface area contributed by atoms with Gasteiger partial charge in [0.05, 0.1) is 7.11 Å². The molecule has 0 bridgehead atoms. The minimum atomic E-state index is -0.546. The van der Waals surface area contributed by atoms with E-state index in [1.165, 1.54) is 37.6 Å². The van der Waals surface area contributed by atoms with Crippen molar-refractivity contribution in [1.82, 2.24) is 4.98 Å². The Labute approximate surface area is 74.9 Å². The third kappa shape index (κ3) is 3.02. The number of rotatable bonds is 2. The number of pyridine rings is 1. The minimum absolute atomic E-state index is 0.454. The fourth-order valence-corrected chi connectivity index (χ4v) is 0.718. The molecule has 1 aromatic heterocycles. The summed E-state index contributed by atoms with van der Waals surface area (Å²) in [7, 11) is 1.29. The number of esters is 1.